The molecule has 0 bridgehead atoms. The van der Waals surface area contributed by atoms with Gasteiger partial charge in [-0.2, -0.15) is 0 Å². The van der Waals surface area contributed by atoms with Gasteiger partial charge in [-0.05, 0) is 48.4 Å². The fourth-order valence-corrected chi connectivity index (χ4v) is 2.50. The van der Waals surface area contributed by atoms with Crippen LogP contribution in [-0.4, -0.2) is 6.54 Å². The third kappa shape index (κ3) is 3.55. The topological polar surface area (TPSA) is 38.0 Å². The number of aryl methyl sites for hydroxylation is 1. The Labute approximate surface area is 121 Å². The lowest BCUT2D eigenvalue weighted by atomic mass is 10.1. The van der Waals surface area contributed by atoms with Gasteiger partial charge in [-0.25, -0.2) is 4.39 Å². The molecule has 0 aliphatic carbocycles. The fourth-order valence-electron chi connectivity index (χ4n) is 1.98. The first-order chi connectivity index (χ1) is 9.10. The van der Waals surface area contributed by atoms with Crippen LogP contribution in [0.3, 0.4) is 0 Å². The van der Waals surface area contributed by atoms with Crippen molar-refractivity contribution in [3.05, 3.63) is 63.9 Å². The van der Waals surface area contributed by atoms with Gasteiger partial charge in [0.2, 0.25) is 0 Å². The molecule has 0 aliphatic rings. The zero-order chi connectivity index (χ0) is 13.8. The van der Waals surface area contributed by atoms with Crippen molar-refractivity contribution in [2.75, 3.05) is 11.9 Å². The molecule has 0 saturated heterocycles. The molecule has 0 radical (unpaired) electrons. The van der Waals surface area contributed by atoms with Crippen molar-refractivity contribution in [3.8, 4) is 0 Å². The molecule has 0 heterocycles. The molecule has 0 saturated carbocycles. The molecule has 0 spiro atoms. The molecule has 2 nitrogen and oxygen atoms in total. The average molecular weight is 323 g/mol. The van der Waals surface area contributed by atoms with Crippen LogP contribution in [-0.2, 0) is 0 Å². The zero-order valence-electron chi connectivity index (χ0n) is 10.7. The highest BCUT2D eigenvalue weighted by molar-refractivity contribution is 9.10. The third-order valence-corrected chi connectivity index (χ3v) is 3.65. The van der Waals surface area contributed by atoms with Crippen molar-refractivity contribution in [3.63, 3.8) is 0 Å². The van der Waals surface area contributed by atoms with E-state index in [9.17, 15) is 4.39 Å². The second-order valence-corrected chi connectivity index (χ2v) is 5.32. The largest absolute Gasteiger partial charge is 0.377 e. The average Bonchev–Trinajstić information content (AvgIpc) is 2.39. The van der Waals surface area contributed by atoms with Crippen LogP contribution in [0.1, 0.15) is 17.2 Å². The highest BCUT2D eigenvalue weighted by atomic mass is 79.9. The van der Waals surface area contributed by atoms with Crippen molar-refractivity contribution in [2.45, 2.75) is 13.0 Å². The molecule has 1 unspecified atom stereocenters. The standard InChI is InChI=1S/C15H16BrFN2/c1-10-3-2-4-12(7-10)19-15(9-18)13-8-11(17)5-6-14(13)16/h2-8,15,19H,9,18H2,1H3. The van der Waals surface area contributed by atoms with E-state index < -0.39 is 0 Å². The molecule has 2 aromatic carbocycles. The monoisotopic (exact) mass is 322 g/mol. The summed E-state index contributed by atoms with van der Waals surface area (Å²) < 4.78 is 14.2. The molecule has 4 heteroatoms. The number of anilines is 1. The zero-order valence-corrected chi connectivity index (χ0v) is 12.2. The van der Waals surface area contributed by atoms with E-state index in [-0.39, 0.29) is 11.9 Å². The van der Waals surface area contributed by atoms with Gasteiger partial charge in [-0.1, -0.05) is 28.1 Å². The number of nitrogens with one attached hydrogen (secondary N) is 1. The molecule has 0 fully saturated rings. The van der Waals surface area contributed by atoms with E-state index in [4.69, 9.17) is 5.73 Å². The molecule has 100 valence electrons. The summed E-state index contributed by atoms with van der Waals surface area (Å²) in [5.41, 5.74) is 8.77. The summed E-state index contributed by atoms with van der Waals surface area (Å²) in [5, 5.41) is 3.33. The van der Waals surface area contributed by atoms with Crippen LogP contribution in [0.5, 0.6) is 0 Å². The van der Waals surface area contributed by atoms with Gasteiger partial charge < -0.3 is 11.1 Å². The van der Waals surface area contributed by atoms with Gasteiger partial charge in [-0.15, -0.1) is 0 Å². The lowest BCUT2D eigenvalue weighted by molar-refractivity contribution is 0.621. The fraction of sp³-hybridized carbons (Fsp3) is 0.200. The highest BCUT2D eigenvalue weighted by Gasteiger charge is 2.13. The van der Waals surface area contributed by atoms with Crippen molar-refractivity contribution in [1.29, 1.82) is 0 Å². The summed E-state index contributed by atoms with van der Waals surface area (Å²) in [6.45, 7) is 2.41. The number of benzene rings is 2. The Bertz CT molecular complexity index is 572. The Kier molecular flexibility index (Phi) is 4.56. The smallest absolute Gasteiger partial charge is 0.123 e. The number of rotatable bonds is 4. The highest BCUT2D eigenvalue weighted by Crippen LogP contribution is 2.27. The van der Waals surface area contributed by atoms with Gasteiger partial charge >= 0.3 is 0 Å². The predicted octanol–water partition coefficient (Wildman–Crippen LogP) is 4.01. The third-order valence-electron chi connectivity index (χ3n) is 2.93. The molecule has 0 aliphatic heterocycles. The Balaban J connectivity index is 2.27. The maximum atomic E-state index is 13.4. The Hall–Kier alpha value is -1.39. The molecule has 19 heavy (non-hydrogen) atoms. The summed E-state index contributed by atoms with van der Waals surface area (Å²) >= 11 is 3.44. The summed E-state index contributed by atoms with van der Waals surface area (Å²) in [5.74, 6) is -0.261. The second kappa shape index (κ2) is 6.17. The first-order valence-corrected chi connectivity index (χ1v) is 6.87. The number of halogens is 2. The maximum absolute atomic E-state index is 13.4. The molecule has 2 rings (SSSR count). The van der Waals surface area contributed by atoms with Crippen LogP contribution in [0.25, 0.3) is 0 Å². The van der Waals surface area contributed by atoms with E-state index >= 15 is 0 Å². The van der Waals surface area contributed by atoms with Crippen molar-refractivity contribution in [1.82, 2.24) is 0 Å². The second-order valence-electron chi connectivity index (χ2n) is 4.47. The summed E-state index contributed by atoms with van der Waals surface area (Å²) in [6, 6.07) is 12.5. The van der Waals surface area contributed by atoms with Crippen molar-refractivity contribution < 1.29 is 4.39 Å². The van der Waals surface area contributed by atoms with Crippen LogP contribution in [0.2, 0.25) is 0 Å². The predicted molar refractivity (Wildman–Crippen MR) is 80.7 cm³/mol. The van der Waals surface area contributed by atoms with Crippen LogP contribution >= 0.6 is 15.9 Å². The molecular weight excluding hydrogens is 307 g/mol. The summed E-state index contributed by atoms with van der Waals surface area (Å²) in [6.07, 6.45) is 0. The van der Waals surface area contributed by atoms with Crippen molar-refractivity contribution >= 4 is 21.6 Å². The Morgan fingerprint density at radius 2 is 2.05 bits per heavy atom. The SMILES string of the molecule is Cc1cccc(NC(CN)c2cc(F)ccc2Br)c1. The van der Waals surface area contributed by atoms with Crippen LogP contribution in [0, 0.1) is 12.7 Å². The van der Waals surface area contributed by atoms with E-state index in [2.05, 4.69) is 21.2 Å². The van der Waals surface area contributed by atoms with Crippen LogP contribution in [0.4, 0.5) is 10.1 Å². The molecule has 2 aromatic rings. The molecule has 0 amide bonds. The first-order valence-electron chi connectivity index (χ1n) is 6.08. The molecule has 0 aromatic heterocycles. The van der Waals surface area contributed by atoms with Gasteiger partial charge in [0.25, 0.3) is 0 Å². The quantitative estimate of drug-likeness (QED) is 0.892. The van der Waals surface area contributed by atoms with E-state index in [0.717, 1.165) is 15.7 Å². The summed E-state index contributed by atoms with van der Waals surface area (Å²) in [4.78, 5) is 0. The van der Waals surface area contributed by atoms with Gasteiger partial charge in [0.05, 0.1) is 6.04 Å². The van der Waals surface area contributed by atoms with Gasteiger partial charge in [0.1, 0.15) is 5.82 Å². The minimum Gasteiger partial charge on any atom is -0.377 e. The Morgan fingerprint density at radius 1 is 1.26 bits per heavy atom. The molecular formula is C15H16BrFN2. The van der Waals surface area contributed by atoms with E-state index in [1.54, 1.807) is 6.07 Å². The molecule has 3 N–H and O–H groups in total. The minimum absolute atomic E-state index is 0.133. The minimum atomic E-state index is -0.261. The van der Waals surface area contributed by atoms with E-state index in [1.165, 1.54) is 17.7 Å². The first kappa shape index (κ1) is 14.0. The van der Waals surface area contributed by atoms with Crippen LogP contribution < -0.4 is 11.1 Å². The number of hydrogen-bond acceptors (Lipinski definition) is 2. The summed E-state index contributed by atoms with van der Waals surface area (Å²) in [7, 11) is 0. The number of hydrogen-bond donors (Lipinski definition) is 2. The molecule has 1 atom stereocenters. The van der Waals surface area contributed by atoms with Gasteiger partial charge in [0.15, 0.2) is 0 Å². The van der Waals surface area contributed by atoms with Crippen LogP contribution in [0.15, 0.2) is 46.9 Å². The lowest BCUT2D eigenvalue weighted by Gasteiger charge is -2.20. The maximum Gasteiger partial charge on any atom is 0.123 e. The van der Waals surface area contributed by atoms with E-state index in [1.807, 2.05) is 31.2 Å². The van der Waals surface area contributed by atoms with Gasteiger partial charge in [-0.3, -0.25) is 0 Å². The Morgan fingerprint density at radius 3 is 2.74 bits per heavy atom. The normalized spacial score (nSPS) is 12.2. The van der Waals surface area contributed by atoms with E-state index in [0.29, 0.717) is 6.54 Å². The van der Waals surface area contributed by atoms with Gasteiger partial charge in [0, 0.05) is 16.7 Å². The lowest BCUT2D eigenvalue weighted by Crippen LogP contribution is -2.21. The van der Waals surface area contributed by atoms with Crippen molar-refractivity contribution in [2.24, 2.45) is 5.73 Å². The number of nitrogens with two attached hydrogens (primary N) is 1.